The van der Waals surface area contributed by atoms with E-state index in [2.05, 4.69) is 10.6 Å². The van der Waals surface area contributed by atoms with Crippen LogP contribution in [-0.2, 0) is 4.79 Å². The van der Waals surface area contributed by atoms with Crippen LogP contribution in [0.3, 0.4) is 0 Å². The third-order valence-electron chi connectivity index (χ3n) is 4.99. The molecular formula is C27H22N2O2. The molecule has 0 aliphatic heterocycles. The summed E-state index contributed by atoms with van der Waals surface area (Å²) in [5.74, 6) is -0.969. The fourth-order valence-electron chi connectivity index (χ4n) is 3.50. The molecule has 0 aromatic heterocycles. The van der Waals surface area contributed by atoms with E-state index in [4.69, 9.17) is 0 Å². The summed E-state index contributed by atoms with van der Waals surface area (Å²) < 4.78 is 0. The van der Waals surface area contributed by atoms with Gasteiger partial charge in [-0.15, -0.1) is 0 Å². The molecule has 0 bridgehead atoms. The van der Waals surface area contributed by atoms with Crippen molar-refractivity contribution >= 4 is 23.2 Å². The van der Waals surface area contributed by atoms with Gasteiger partial charge in [0.15, 0.2) is 0 Å². The average Bonchev–Trinajstić information content (AvgIpc) is 2.81. The number of anilines is 2. The first-order chi connectivity index (χ1) is 15.2. The Morgan fingerprint density at radius 2 is 1.03 bits per heavy atom. The summed E-state index contributed by atoms with van der Waals surface area (Å²) in [6.07, 6.45) is 0. The minimum Gasteiger partial charge on any atom is -0.325 e. The van der Waals surface area contributed by atoms with Gasteiger partial charge in [-0.05, 0) is 35.4 Å². The Kier molecular flexibility index (Phi) is 6.19. The van der Waals surface area contributed by atoms with Crippen LogP contribution in [0, 0.1) is 0 Å². The van der Waals surface area contributed by atoms with Crippen LogP contribution in [0.5, 0.6) is 0 Å². The van der Waals surface area contributed by atoms with E-state index in [1.165, 1.54) is 0 Å². The monoisotopic (exact) mass is 406 g/mol. The second-order valence-corrected chi connectivity index (χ2v) is 7.11. The molecule has 0 fully saturated rings. The summed E-state index contributed by atoms with van der Waals surface area (Å²) in [7, 11) is 0. The quantitative estimate of drug-likeness (QED) is 0.431. The number of hydrogen-bond acceptors (Lipinski definition) is 2. The second-order valence-electron chi connectivity index (χ2n) is 7.11. The Morgan fingerprint density at radius 3 is 1.61 bits per heavy atom. The van der Waals surface area contributed by atoms with Crippen molar-refractivity contribution < 1.29 is 9.59 Å². The van der Waals surface area contributed by atoms with Crippen LogP contribution in [0.25, 0.3) is 0 Å². The summed E-state index contributed by atoms with van der Waals surface area (Å²) >= 11 is 0. The van der Waals surface area contributed by atoms with Crippen LogP contribution in [-0.4, -0.2) is 11.8 Å². The van der Waals surface area contributed by atoms with Gasteiger partial charge in [0.2, 0.25) is 5.91 Å². The van der Waals surface area contributed by atoms with Crippen LogP contribution in [0.15, 0.2) is 115 Å². The van der Waals surface area contributed by atoms with E-state index >= 15 is 0 Å². The van der Waals surface area contributed by atoms with E-state index in [-0.39, 0.29) is 11.8 Å². The van der Waals surface area contributed by atoms with Gasteiger partial charge in [0.1, 0.15) is 0 Å². The molecule has 0 heterocycles. The average molecular weight is 406 g/mol. The molecule has 31 heavy (non-hydrogen) atoms. The van der Waals surface area contributed by atoms with Gasteiger partial charge in [-0.2, -0.15) is 0 Å². The van der Waals surface area contributed by atoms with Crippen molar-refractivity contribution in [3.63, 3.8) is 0 Å². The third kappa shape index (κ3) is 4.87. The van der Waals surface area contributed by atoms with E-state index in [1.807, 2.05) is 91.0 Å². The Labute approximate surface area is 181 Å². The van der Waals surface area contributed by atoms with Crippen molar-refractivity contribution in [2.45, 2.75) is 5.92 Å². The molecular weight excluding hydrogens is 384 g/mol. The fraction of sp³-hybridized carbons (Fsp3) is 0.0370. The zero-order valence-corrected chi connectivity index (χ0v) is 16.9. The number of benzene rings is 4. The Morgan fingerprint density at radius 1 is 0.548 bits per heavy atom. The first kappa shape index (κ1) is 20.1. The van der Waals surface area contributed by atoms with Crippen LogP contribution in [0.2, 0.25) is 0 Å². The topological polar surface area (TPSA) is 58.2 Å². The maximum atomic E-state index is 13.4. The van der Waals surface area contributed by atoms with Gasteiger partial charge in [-0.25, -0.2) is 0 Å². The van der Waals surface area contributed by atoms with E-state index in [0.717, 1.165) is 11.1 Å². The molecule has 0 saturated heterocycles. The number of nitrogens with one attached hydrogen (secondary N) is 2. The summed E-state index contributed by atoms with van der Waals surface area (Å²) in [6.45, 7) is 0. The van der Waals surface area contributed by atoms with E-state index in [1.54, 1.807) is 24.3 Å². The summed E-state index contributed by atoms with van der Waals surface area (Å²) in [5.41, 5.74) is 3.34. The van der Waals surface area contributed by atoms with Crippen LogP contribution < -0.4 is 10.6 Å². The lowest BCUT2D eigenvalue weighted by Crippen LogP contribution is -2.24. The van der Waals surface area contributed by atoms with Crippen LogP contribution >= 0.6 is 0 Å². The molecule has 152 valence electrons. The van der Waals surface area contributed by atoms with Crippen molar-refractivity contribution in [3.05, 3.63) is 132 Å². The van der Waals surface area contributed by atoms with Gasteiger partial charge in [-0.3, -0.25) is 9.59 Å². The van der Waals surface area contributed by atoms with Gasteiger partial charge in [0.05, 0.1) is 17.2 Å². The molecule has 0 unspecified atom stereocenters. The minimum absolute atomic E-state index is 0.197. The molecule has 4 rings (SSSR count). The standard InChI is InChI=1S/C27H22N2O2/c30-26(28-22-16-8-3-9-17-22)23-18-10-11-19-24(23)29-27(31)25(20-12-4-1-5-13-20)21-14-6-2-7-15-21/h1-19,25H,(H,28,30)(H,29,31). The zero-order chi connectivity index (χ0) is 21.5. The smallest absolute Gasteiger partial charge is 0.257 e. The minimum atomic E-state index is -0.493. The molecule has 4 aromatic rings. The van der Waals surface area contributed by atoms with Gasteiger partial charge in [0, 0.05) is 5.69 Å². The van der Waals surface area contributed by atoms with Crippen LogP contribution in [0.1, 0.15) is 27.4 Å². The first-order valence-corrected chi connectivity index (χ1v) is 10.1. The SMILES string of the molecule is O=C(Nc1ccccc1)c1ccccc1NC(=O)C(c1ccccc1)c1ccccc1. The van der Waals surface area contributed by atoms with Crippen molar-refractivity contribution in [1.29, 1.82) is 0 Å². The summed E-state index contributed by atoms with van der Waals surface area (Å²) in [6, 6.07) is 35.5. The number of para-hydroxylation sites is 2. The highest BCUT2D eigenvalue weighted by molar-refractivity contribution is 6.11. The lowest BCUT2D eigenvalue weighted by Gasteiger charge is -2.19. The molecule has 2 N–H and O–H groups in total. The molecule has 0 aliphatic rings. The fourth-order valence-corrected chi connectivity index (χ4v) is 3.50. The zero-order valence-electron chi connectivity index (χ0n) is 16.9. The Balaban J connectivity index is 1.62. The largest absolute Gasteiger partial charge is 0.325 e. The van der Waals surface area contributed by atoms with E-state index < -0.39 is 5.92 Å². The molecule has 0 radical (unpaired) electrons. The predicted molar refractivity (Wildman–Crippen MR) is 124 cm³/mol. The lowest BCUT2D eigenvalue weighted by atomic mass is 9.90. The van der Waals surface area contributed by atoms with Crippen molar-refractivity contribution in [3.8, 4) is 0 Å². The molecule has 2 amide bonds. The highest BCUT2D eigenvalue weighted by atomic mass is 16.2. The molecule has 0 saturated carbocycles. The molecule has 0 aliphatic carbocycles. The van der Waals surface area contributed by atoms with Crippen LogP contribution in [0.4, 0.5) is 11.4 Å². The van der Waals surface area contributed by atoms with E-state index in [9.17, 15) is 9.59 Å². The maximum absolute atomic E-state index is 13.4. The highest BCUT2D eigenvalue weighted by Gasteiger charge is 2.24. The molecule has 4 heteroatoms. The Hall–Kier alpha value is -4.18. The number of carbonyl (C=O) groups excluding carboxylic acids is 2. The molecule has 4 nitrogen and oxygen atoms in total. The Bertz CT molecular complexity index is 1120. The maximum Gasteiger partial charge on any atom is 0.257 e. The summed E-state index contributed by atoms with van der Waals surface area (Å²) in [5, 5.41) is 5.85. The molecule has 0 spiro atoms. The first-order valence-electron chi connectivity index (χ1n) is 10.1. The number of carbonyl (C=O) groups is 2. The third-order valence-corrected chi connectivity index (χ3v) is 4.99. The van der Waals surface area contributed by atoms with Gasteiger partial charge < -0.3 is 10.6 Å². The van der Waals surface area contributed by atoms with Gasteiger partial charge >= 0.3 is 0 Å². The molecule has 4 aromatic carbocycles. The number of amides is 2. The second kappa shape index (κ2) is 9.55. The predicted octanol–water partition coefficient (Wildman–Crippen LogP) is 5.71. The number of hydrogen-bond donors (Lipinski definition) is 2. The highest BCUT2D eigenvalue weighted by Crippen LogP contribution is 2.27. The normalized spacial score (nSPS) is 10.5. The van der Waals surface area contributed by atoms with Crippen molar-refractivity contribution in [2.75, 3.05) is 10.6 Å². The van der Waals surface area contributed by atoms with Crippen molar-refractivity contribution in [1.82, 2.24) is 0 Å². The molecule has 0 atom stereocenters. The van der Waals surface area contributed by atoms with Crippen molar-refractivity contribution in [2.24, 2.45) is 0 Å². The lowest BCUT2D eigenvalue weighted by molar-refractivity contribution is -0.116. The summed E-state index contributed by atoms with van der Waals surface area (Å²) in [4.78, 5) is 26.3. The van der Waals surface area contributed by atoms with Gasteiger partial charge in [0.25, 0.3) is 5.91 Å². The number of rotatable bonds is 6. The van der Waals surface area contributed by atoms with E-state index in [0.29, 0.717) is 16.9 Å². The van der Waals surface area contributed by atoms with Gasteiger partial charge in [-0.1, -0.05) is 91.0 Å².